The molecule has 0 saturated carbocycles. The normalized spacial score (nSPS) is 12.6. The summed E-state index contributed by atoms with van der Waals surface area (Å²) in [6, 6.07) is 0. The molecule has 0 heterocycles. The molecule has 0 aromatic heterocycles. The van der Waals surface area contributed by atoms with Crippen LogP contribution in [0.2, 0.25) is 0 Å². The number of hydrogen-bond donors (Lipinski definition) is 2. The molecule has 0 spiro atoms. The zero-order valence-electron chi connectivity index (χ0n) is 17.0. The molecule has 0 radical (unpaired) electrons. The van der Waals surface area contributed by atoms with Crippen LogP contribution in [0.4, 0.5) is 0 Å². The van der Waals surface area contributed by atoms with E-state index < -0.39 is 0 Å². The molecule has 0 amide bonds. The minimum Gasteiger partial charge on any atom is -0.378 e. The molecule has 152 valence electrons. The van der Waals surface area contributed by atoms with Gasteiger partial charge in [0.15, 0.2) is 0 Å². The van der Waals surface area contributed by atoms with E-state index in [0.29, 0.717) is 6.10 Å². The number of rotatable bonds is 21. The number of thiol groups is 2. The van der Waals surface area contributed by atoms with Crippen LogP contribution in [-0.4, -0.2) is 24.2 Å². The maximum absolute atomic E-state index is 6.04. The molecule has 25 heavy (non-hydrogen) atoms. The summed E-state index contributed by atoms with van der Waals surface area (Å²) in [4.78, 5) is 0. The van der Waals surface area contributed by atoms with Gasteiger partial charge in [0.2, 0.25) is 0 Å². The average Bonchev–Trinajstić information content (AvgIpc) is 2.62. The van der Waals surface area contributed by atoms with E-state index in [1.807, 2.05) is 0 Å². The van der Waals surface area contributed by atoms with Crippen molar-refractivity contribution in [2.45, 2.75) is 122 Å². The van der Waals surface area contributed by atoms with E-state index in [1.54, 1.807) is 0 Å². The molecule has 0 rings (SSSR count). The molecule has 0 aromatic carbocycles. The number of ether oxygens (including phenoxy) is 1. The van der Waals surface area contributed by atoms with Crippen molar-refractivity contribution in [2.75, 3.05) is 18.1 Å². The van der Waals surface area contributed by atoms with Crippen LogP contribution < -0.4 is 0 Å². The average molecular weight is 391 g/mol. The van der Waals surface area contributed by atoms with Gasteiger partial charge in [0.25, 0.3) is 0 Å². The fourth-order valence-electron chi connectivity index (χ4n) is 3.31. The van der Waals surface area contributed by atoms with Crippen LogP contribution in [0, 0.1) is 0 Å². The summed E-state index contributed by atoms with van der Waals surface area (Å²) in [5, 5.41) is 0. The van der Waals surface area contributed by atoms with Gasteiger partial charge in [0, 0.05) is 6.61 Å². The van der Waals surface area contributed by atoms with E-state index in [-0.39, 0.29) is 0 Å². The Balaban J connectivity index is 3.30. The molecule has 0 fully saturated rings. The highest BCUT2D eigenvalue weighted by Gasteiger charge is 2.07. The molecule has 1 atom stereocenters. The second kappa shape index (κ2) is 22.7. The lowest BCUT2D eigenvalue weighted by molar-refractivity contribution is 0.0417. The van der Waals surface area contributed by atoms with Crippen molar-refractivity contribution in [3.8, 4) is 0 Å². The molecule has 1 nitrogen and oxygen atoms in total. The Labute approximate surface area is 170 Å². The van der Waals surface area contributed by atoms with Gasteiger partial charge in [0.1, 0.15) is 0 Å². The molecule has 0 aliphatic carbocycles. The van der Waals surface area contributed by atoms with E-state index in [0.717, 1.165) is 24.5 Å². The van der Waals surface area contributed by atoms with Crippen molar-refractivity contribution in [2.24, 2.45) is 0 Å². The quantitative estimate of drug-likeness (QED) is 0.150. The first-order valence-electron chi connectivity index (χ1n) is 11.2. The SMILES string of the molecule is CCCCCOC(CCS)CCCCCCCCCCCCCCS. The van der Waals surface area contributed by atoms with E-state index in [2.05, 4.69) is 32.2 Å². The van der Waals surface area contributed by atoms with Gasteiger partial charge in [0.05, 0.1) is 6.10 Å². The van der Waals surface area contributed by atoms with Crippen molar-refractivity contribution >= 4 is 25.3 Å². The Morgan fingerprint density at radius 2 is 1.08 bits per heavy atom. The molecule has 1 unspecified atom stereocenters. The Morgan fingerprint density at radius 1 is 0.560 bits per heavy atom. The van der Waals surface area contributed by atoms with Crippen LogP contribution >= 0.6 is 25.3 Å². The maximum atomic E-state index is 6.04. The molecule has 0 aromatic rings. The molecule has 0 aliphatic rings. The first kappa shape index (κ1) is 25.7. The lowest BCUT2D eigenvalue weighted by atomic mass is 10.0. The summed E-state index contributed by atoms with van der Waals surface area (Å²) >= 11 is 8.64. The van der Waals surface area contributed by atoms with Gasteiger partial charge >= 0.3 is 0 Å². The molecule has 0 saturated heterocycles. The van der Waals surface area contributed by atoms with Crippen molar-refractivity contribution in [3.63, 3.8) is 0 Å². The molecule has 3 heteroatoms. The maximum Gasteiger partial charge on any atom is 0.0582 e. The highest BCUT2D eigenvalue weighted by atomic mass is 32.1. The van der Waals surface area contributed by atoms with E-state index in [1.165, 1.54) is 103 Å². The second-order valence-corrected chi connectivity index (χ2v) is 8.36. The molecular weight excluding hydrogens is 344 g/mol. The first-order chi connectivity index (χ1) is 12.3. The van der Waals surface area contributed by atoms with Gasteiger partial charge in [-0.2, -0.15) is 25.3 Å². The van der Waals surface area contributed by atoms with Gasteiger partial charge in [-0.15, -0.1) is 0 Å². The van der Waals surface area contributed by atoms with Crippen LogP contribution in [0.1, 0.15) is 116 Å². The second-order valence-electron chi connectivity index (χ2n) is 7.47. The van der Waals surface area contributed by atoms with Crippen LogP contribution in [-0.2, 0) is 4.74 Å². The van der Waals surface area contributed by atoms with Crippen LogP contribution in [0.25, 0.3) is 0 Å². The van der Waals surface area contributed by atoms with Gasteiger partial charge in [-0.3, -0.25) is 0 Å². The number of unbranched alkanes of at least 4 members (excludes halogenated alkanes) is 13. The smallest absolute Gasteiger partial charge is 0.0582 e. The van der Waals surface area contributed by atoms with Crippen molar-refractivity contribution in [3.05, 3.63) is 0 Å². The van der Waals surface area contributed by atoms with Gasteiger partial charge in [-0.05, 0) is 37.2 Å². The fourth-order valence-corrected chi connectivity index (χ4v) is 3.82. The summed E-state index contributed by atoms with van der Waals surface area (Å²) in [6.45, 7) is 3.19. The largest absolute Gasteiger partial charge is 0.378 e. The Kier molecular flexibility index (Phi) is 23.3. The summed E-state index contributed by atoms with van der Waals surface area (Å²) < 4.78 is 6.04. The fraction of sp³-hybridized carbons (Fsp3) is 1.00. The van der Waals surface area contributed by atoms with Crippen molar-refractivity contribution in [1.29, 1.82) is 0 Å². The highest BCUT2D eigenvalue weighted by Crippen LogP contribution is 2.15. The zero-order chi connectivity index (χ0) is 18.4. The summed E-state index contributed by atoms with van der Waals surface area (Å²) in [5.74, 6) is 2.01. The first-order valence-corrected chi connectivity index (χ1v) is 12.4. The third-order valence-electron chi connectivity index (χ3n) is 4.99. The number of hydrogen-bond acceptors (Lipinski definition) is 3. The monoisotopic (exact) mass is 390 g/mol. The molecule has 0 N–H and O–H groups in total. The third kappa shape index (κ3) is 20.8. The van der Waals surface area contributed by atoms with Crippen molar-refractivity contribution in [1.82, 2.24) is 0 Å². The summed E-state index contributed by atoms with van der Waals surface area (Å²) in [7, 11) is 0. The summed E-state index contributed by atoms with van der Waals surface area (Å²) in [5.41, 5.74) is 0. The third-order valence-corrected chi connectivity index (χ3v) is 5.56. The minimum absolute atomic E-state index is 0.455. The standard InChI is InChI=1S/C22H46OS2/c1-2-3-15-19-23-22(18-21-25)17-14-12-10-8-6-4-5-7-9-11-13-16-20-24/h22,24-25H,2-21H2,1H3. The minimum atomic E-state index is 0.455. The highest BCUT2D eigenvalue weighted by molar-refractivity contribution is 7.80. The predicted molar refractivity (Wildman–Crippen MR) is 122 cm³/mol. The van der Waals surface area contributed by atoms with Crippen LogP contribution in [0.5, 0.6) is 0 Å². The molecule has 0 bridgehead atoms. The molecule has 0 aliphatic heterocycles. The van der Waals surface area contributed by atoms with Gasteiger partial charge in [-0.25, -0.2) is 0 Å². The lowest BCUT2D eigenvalue weighted by Crippen LogP contribution is -2.14. The van der Waals surface area contributed by atoms with Crippen molar-refractivity contribution < 1.29 is 4.74 Å². The summed E-state index contributed by atoms with van der Waals surface area (Å²) in [6.07, 6.45) is 23.4. The molecular formula is C22H46OS2. The van der Waals surface area contributed by atoms with Crippen LogP contribution in [0.15, 0.2) is 0 Å². The van der Waals surface area contributed by atoms with E-state index in [4.69, 9.17) is 4.74 Å². The van der Waals surface area contributed by atoms with Crippen LogP contribution in [0.3, 0.4) is 0 Å². The lowest BCUT2D eigenvalue weighted by Gasteiger charge is -2.17. The Morgan fingerprint density at radius 3 is 1.56 bits per heavy atom. The Bertz CT molecular complexity index is 236. The zero-order valence-corrected chi connectivity index (χ0v) is 18.8. The van der Waals surface area contributed by atoms with Gasteiger partial charge in [-0.1, -0.05) is 90.4 Å². The Hall–Kier alpha value is 0.660. The van der Waals surface area contributed by atoms with E-state index in [9.17, 15) is 0 Å². The predicted octanol–water partition coefficient (Wildman–Crippen LogP) is 7.88. The van der Waals surface area contributed by atoms with E-state index >= 15 is 0 Å². The topological polar surface area (TPSA) is 9.23 Å². The van der Waals surface area contributed by atoms with Gasteiger partial charge < -0.3 is 4.74 Å².